The zero-order valence-electron chi connectivity index (χ0n) is 9.59. The second-order valence-corrected chi connectivity index (χ2v) is 5.52. The molecule has 0 bridgehead atoms. The first-order chi connectivity index (χ1) is 7.96. The number of amides is 1. The smallest absolute Gasteiger partial charge is 0.254 e. The summed E-state index contributed by atoms with van der Waals surface area (Å²) in [6, 6.07) is 7.66. The standard InChI is InChI=1S/C11H16N2O3S/c1-2-8-17(15,16)13-11(14)10(12)9-6-4-3-5-7-9/h3-7,10H,2,8,12H2,1H3,(H,13,14)/t10-/m1/s1. The minimum Gasteiger partial charge on any atom is -0.316 e. The molecule has 6 heteroatoms. The Morgan fingerprint density at radius 2 is 1.94 bits per heavy atom. The van der Waals surface area contributed by atoms with Gasteiger partial charge < -0.3 is 5.73 Å². The van der Waals surface area contributed by atoms with Crippen LogP contribution in [0.5, 0.6) is 0 Å². The average molecular weight is 256 g/mol. The molecule has 3 N–H and O–H groups in total. The Labute approximate surface area is 101 Å². The van der Waals surface area contributed by atoms with Crippen molar-refractivity contribution in [3.63, 3.8) is 0 Å². The fraction of sp³-hybridized carbons (Fsp3) is 0.364. The molecular weight excluding hydrogens is 240 g/mol. The number of sulfonamides is 1. The first-order valence-corrected chi connectivity index (χ1v) is 6.96. The molecular formula is C11H16N2O3S. The lowest BCUT2D eigenvalue weighted by Crippen LogP contribution is -2.39. The van der Waals surface area contributed by atoms with Gasteiger partial charge in [-0.05, 0) is 12.0 Å². The quantitative estimate of drug-likeness (QED) is 0.804. The molecule has 0 aromatic heterocycles. The number of rotatable bonds is 5. The maximum absolute atomic E-state index is 11.6. The lowest BCUT2D eigenvalue weighted by Gasteiger charge is -2.12. The minimum atomic E-state index is -3.56. The van der Waals surface area contributed by atoms with Gasteiger partial charge in [0.25, 0.3) is 5.91 Å². The molecule has 0 heterocycles. The molecule has 94 valence electrons. The van der Waals surface area contributed by atoms with E-state index in [0.29, 0.717) is 12.0 Å². The van der Waals surface area contributed by atoms with Crippen LogP contribution in [-0.4, -0.2) is 20.1 Å². The number of nitrogens with one attached hydrogen (secondary N) is 1. The molecule has 0 spiro atoms. The summed E-state index contributed by atoms with van der Waals surface area (Å²) in [5.41, 5.74) is 6.25. The van der Waals surface area contributed by atoms with Crippen LogP contribution in [0.25, 0.3) is 0 Å². The van der Waals surface area contributed by atoms with Crippen LogP contribution in [0.4, 0.5) is 0 Å². The molecule has 0 unspecified atom stereocenters. The number of benzene rings is 1. The van der Waals surface area contributed by atoms with Crippen molar-refractivity contribution >= 4 is 15.9 Å². The largest absolute Gasteiger partial charge is 0.316 e. The summed E-state index contributed by atoms with van der Waals surface area (Å²) < 4.78 is 24.7. The maximum Gasteiger partial charge on any atom is 0.254 e. The van der Waals surface area contributed by atoms with Crippen molar-refractivity contribution in [2.45, 2.75) is 19.4 Å². The van der Waals surface area contributed by atoms with E-state index in [1.54, 1.807) is 37.3 Å². The maximum atomic E-state index is 11.6. The topological polar surface area (TPSA) is 89.3 Å². The fourth-order valence-electron chi connectivity index (χ4n) is 1.35. The Morgan fingerprint density at radius 1 is 1.35 bits per heavy atom. The predicted molar refractivity (Wildman–Crippen MR) is 65.6 cm³/mol. The van der Waals surface area contributed by atoms with Crippen molar-refractivity contribution in [3.05, 3.63) is 35.9 Å². The number of carbonyl (C=O) groups excluding carboxylic acids is 1. The molecule has 1 atom stereocenters. The molecule has 0 aliphatic carbocycles. The van der Waals surface area contributed by atoms with Crippen LogP contribution in [-0.2, 0) is 14.8 Å². The summed E-state index contributed by atoms with van der Waals surface area (Å²) in [4.78, 5) is 11.6. The number of hydrogen-bond acceptors (Lipinski definition) is 4. The van der Waals surface area contributed by atoms with Crippen LogP contribution >= 0.6 is 0 Å². The molecule has 0 fully saturated rings. The van der Waals surface area contributed by atoms with Gasteiger partial charge in [0.1, 0.15) is 6.04 Å². The van der Waals surface area contributed by atoms with Crippen LogP contribution in [0.15, 0.2) is 30.3 Å². The number of nitrogens with two attached hydrogens (primary N) is 1. The number of hydrogen-bond donors (Lipinski definition) is 2. The second kappa shape index (κ2) is 5.79. The highest BCUT2D eigenvalue weighted by Gasteiger charge is 2.20. The van der Waals surface area contributed by atoms with Crippen molar-refractivity contribution in [2.24, 2.45) is 5.73 Å². The highest BCUT2D eigenvalue weighted by atomic mass is 32.2. The predicted octanol–water partition coefficient (Wildman–Crippen LogP) is 0.542. The SMILES string of the molecule is CCCS(=O)(=O)NC(=O)[C@H](N)c1ccccc1. The van der Waals surface area contributed by atoms with Gasteiger partial charge >= 0.3 is 0 Å². The molecule has 1 rings (SSSR count). The molecule has 0 aliphatic rings. The Morgan fingerprint density at radius 3 is 2.47 bits per heavy atom. The van der Waals surface area contributed by atoms with E-state index in [0.717, 1.165) is 0 Å². The van der Waals surface area contributed by atoms with E-state index in [1.807, 2.05) is 4.72 Å². The molecule has 1 aromatic carbocycles. The van der Waals surface area contributed by atoms with E-state index < -0.39 is 22.0 Å². The summed E-state index contributed by atoms with van der Waals surface area (Å²) in [5.74, 6) is -0.787. The van der Waals surface area contributed by atoms with Crippen molar-refractivity contribution in [1.29, 1.82) is 0 Å². The van der Waals surface area contributed by atoms with Gasteiger partial charge in [0.15, 0.2) is 0 Å². The van der Waals surface area contributed by atoms with Crippen LogP contribution in [0.3, 0.4) is 0 Å². The van der Waals surface area contributed by atoms with Gasteiger partial charge in [0, 0.05) is 0 Å². The third-order valence-electron chi connectivity index (χ3n) is 2.17. The summed E-state index contributed by atoms with van der Waals surface area (Å²) in [6.45, 7) is 1.72. The third-order valence-corrected chi connectivity index (χ3v) is 3.63. The zero-order valence-corrected chi connectivity index (χ0v) is 10.4. The molecule has 0 aliphatic heterocycles. The Balaban J connectivity index is 2.72. The summed E-state index contributed by atoms with van der Waals surface area (Å²) in [6.07, 6.45) is 0.448. The van der Waals surface area contributed by atoms with Crippen LogP contribution in [0.2, 0.25) is 0 Å². The van der Waals surface area contributed by atoms with Gasteiger partial charge in [-0.25, -0.2) is 8.42 Å². The summed E-state index contributed by atoms with van der Waals surface area (Å²) >= 11 is 0. The molecule has 1 amide bonds. The van der Waals surface area contributed by atoms with Gasteiger partial charge in [-0.1, -0.05) is 37.3 Å². The first-order valence-electron chi connectivity index (χ1n) is 5.31. The van der Waals surface area contributed by atoms with E-state index in [9.17, 15) is 13.2 Å². The van der Waals surface area contributed by atoms with E-state index in [1.165, 1.54) is 0 Å². The lowest BCUT2D eigenvalue weighted by atomic mass is 10.1. The Kier molecular flexibility index (Phi) is 4.65. The number of carbonyl (C=O) groups is 1. The van der Waals surface area contributed by atoms with Crippen LogP contribution in [0.1, 0.15) is 24.9 Å². The van der Waals surface area contributed by atoms with Gasteiger partial charge in [-0.15, -0.1) is 0 Å². The molecule has 0 saturated heterocycles. The summed E-state index contributed by atoms with van der Waals surface area (Å²) in [7, 11) is -3.56. The highest BCUT2D eigenvalue weighted by molar-refractivity contribution is 7.90. The summed E-state index contributed by atoms with van der Waals surface area (Å²) in [5, 5.41) is 0. The molecule has 5 nitrogen and oxygen atoms in total. The second-order valence-electron chi connectivity index (χ2n) is 3.67. The van der Waals surface area contributed by atoms with Crippen molar-refractivity contribution < 1.29 is 13.2 Å². The monoisotopic (exact) mass is 256 g/mol. The molecule has 17 heavy (non-hydrogen) atoms. The third kappa shape index (κ3) is 4.16. The van der Waals surface area contributed by atoms with E-state index in [4.69, 9.17) is 5.73 Å². The van der Waals surface area contributed by atoms with Crippen molar-refractivity contribution in [3.8, 4) is 0 Å². The first kappa shape index (κ1) is 13.7. The van der Waals surface area contributed by atoms with Crippen LogP contribution < -0.4 is 10.5 Å². The lowest BCUT2D eigenvalue weighted by molar-refractivity contribution is -0.120. The van der Waals surface area contributed by atoms with Gasteiger partial charge in [0.05, 0.1) is 5.75 Å². The Hall–Kier alpha value is -1.40. The van der Waals surface area contributed by atoms with Gasteiger partial charge in [-0.3, -0.25) is 9.52 Å². The fourth-order valence-corrected chi connectivity index (χ4v) is 2.42. The van der Waals surface area contributed by atoms with Crippen LogP contribution in [0, 0.1) is 0 Å². The van der Waals surface area contributed by atoms with Gasteiger partial charge in [0.2, 0.25) is 10.0 Å². The molecule has 0 radical (unpaired) electrons. The van der Waals surface area contributed by atoms with E-state index in [-0.39, 0.29) is 5.75 Å². The zero-order chi connectivity index (χ0) is 12.9. The van der Waals surface area contributed by atoms with Gasteiger partial charge in [-0.2, -0.15) is 0 Å². The Bertz CT molecular complexity index is 471. The molecule has 1 aromatic rings. The van der Waals surface area contributed by atoms with Crippen molar-refractivity contribution in [1.82, 2.24) is 4.72 Å². The van der Waals surface area contributed by atoms with E-state index in [2.05, 4.69) is 0 Å². The van der Waals surface area contributed by atoms with Crippen molar-refractivity contribution in [2.75, 3.05) is 5.75 Å². The highest BCUT2D eigenvalue weighted by Crippen LogP contribution is 2.09. The minimum absolute atomic E-state index is 0.0831. The normalized spacial score (nSPS) is 13.1. The molecule has 0 saturated carbocycles. The van der Waals surface area contributed by atoms with E-state index >= 15 is 0 Å². The average Bonchev–Trinajstić information content (AvgIpc) is 2.28.